The number of rotatable bonds is 6. The average Bonchev–Trinajstić information content (AvgIpc) is 3.10. The summed E-state index contributed by atoms with van der Waals surface area (Å²) in [5, 5.41) is 9.31. The van der Waals surface area contributed by atoms with Crippen molar-refractivity contribution in [2.75, 3.05) is 7.05 Å². The Bertz CT molecular complexity index is 819. The molecule has 0 saturated heterocycles. The molecule has 0 bridgehead atoms. The normalized spacial score (nSPS) is 12.3. The van der Waals surface area contributed by atoms with Crippen LogP contribution < -0.4 is 5.32 Å². The maximum absolute atomic E-state index is 5.33. The van der Waals surface area contributed by atoms with Crippen LogP contribution in [0.25, 0.3) is 10.2 Å². The van der Waals surface area contributed by atoms with Gasteiger partial charge in [-0.15, -0.1) is 23.7 Å². The van der Waals surface area contributed by atoms with E-state index in [0.717, 1.165) is 27.5 Å². The first kappa shape index (κ1) is 19.1. The number of hydrogen-bond donors (Lipinski definition) is 1. The zero-order valence-corrected chi connectivity index (χ0v) is 16.4. The average molecular weight is 386 g/mol. The Morgan fingerprint density at radius 1 is 1.33 bits per heavy atom. The van der Waals surface area contributed by atoms with Crippen molar-refractivity contribution < 1.29 is 4.52 Å². The van der Waals surface area contributed by atoms with Crippen molar-refractivity contribution in [1.82, 2.24) is 25.4 Å². The Morgan fingerprint density at radius 2 is 2.12 bits per heavy atom. The van der Waals surface area contributed by atoms with Gasteiger partial charge in [0, 0.05) is 22.7 Å². The van der Waals surface area contributed by atoms with Gasteiger partial charge in [0.15, 0.2) is 5.82 Å². The van der Waals surface area contributed by atoms with Gasteiger partial charge in [0.1, 0.15) is 16.2 Å². The number of nitrogens with zero attached hydrogens (tertiary/aromatic N) is 4. The molecule has 0 radical (unpaired) electrons. The molecular weight excluding hydrogens is 366 g/mol. The molecule has 1 atom stereocenters. The van der Waals surface area contributed by atoms with Gasteiger partial charge in [-0.05, 0) is 33.4 Å². The van der Waals surface area contributed by atoms with E-state index in [2.05, 4.69) is 46.2 Å². The van der Waals surface area contributed by atoms with Crippen LogP contribution in [0.2, 0.25) is 0 Å². The van der Waals surface area contributed by atoms with Gasteiger partial charge in [0.2, 0.25) is 5.89 Å². The van der Waals surface area contributed by atoms with Gasteiger partial charge in [-0.25, -0.2) is 9.97 Å². The minimum atomic E-state index is 0. The Balaban J connectivity index is 0.00000208. The first-order valence-corrected chi connectivity index (χ1v) is 9.21. The monoisotopic (exact) mass is 385 g/mol. The predicted molar refractivity (Wildman–Crippen MR) is 100 cm³/mol. The molecule has 3 rings (SSSR count). The zero-order valence-electron chi connectivity index (χ0n) is 14.0. The topological polar surface area (TPSA) is 76.7 Å². The van der Waals surface area contributed by atoms with Crippen LogP contribution in [-0.2, 0) is 12.2 Å². The molecule has 3 heterocycles. The summed E-state index contributed by atoms with van der Waals surface area (Å²) in [5.41, 5.74) is 1.25. The molecule has 130 valence electrons. The molecule has 0 aliphatic carbocycles. The third-order valence-corrected chi connectivity index (χ3v) is 5.84. The lowest BCUT2D eigenvalue weighted by Crippen LogP contribution is -2.24. The fourth-order valence-electron chi connectivity index (χ4n) is 2.20. The summed E-state index contributed by atoms with van der Waals surface area (Å²) in [6, 6.07) is 0.325. The number of hydrogen-bond acceptors (Lipinski definition) is 8. The van der Waals surface area contributed by atoms with E-state index >= 15 is 0 Å². The molecule has 0 amide bonds. The van der Waals surface area contributed by atoms with Crippen molar-refractivity contribution in [3.8, 4) is 0 Å². The number of nitrogens with one attached hydrogen (secondary N) is 1. The third kappa shape index (κ3) is 4.05. The van der Waals surface area contributed by atoms with Crippen LogP contribution in [0.3, 0.4) is 0 Å². The van der Waals surface area contributed by atoms with Crippen molar-refractivity contribution in [2.24, 2.45) is 0 Å². The largest absolute Gasteiger partial charge is 0.338 e. The number of thiophene rings is 1. The van der Waals surface area contributed by atoms with Gasteiger partial charge >= 0.3 is 0 Å². The highest BCUT2D eigenvalue weighted by Crippen LogP contribution is 2.35. The summed E-state index contributed by atoms with van der Waals surface area (Å²) in [5.74, 6) is 1.98. The maximum atomic E-state index is 5.33. The summed E-state index contributed by atoms with van der Waals surface area (Å²) in [6.45, 7) is 6.32. The Labute approximate surface area is 155 Å². The van der Waals surface area contributed by atoms with E-state index in [1.54, 1.807) is 29.4 Å². The number of halogens is 1. The van der Waals surface area contributed by atoms with Crippen LogP contribution >= 0.6 is 35.5 Å². The number of likely N-dealkylation sites (N-methyl/N-ethyl adjacent to an activating group) is 1. The maximum Gasteiger partial charge on any atom is 0.237 e. The van der Waals surface area contributed by atoms with Gasteiger partial charge in [-0.3, -0.25) is 0 Å². The van der Waals surface area contributed by atoms with Crippen LogP contribution in [0.4, 0.5) is 0 Å². The van der Waals surface area contributed by atoms with Crippen LogP contribution in [-0.4, -0.2) is 33.2 Å². The van der Waals surface area contributed by atoms with Gasteiger partial charge in [0.05, 0.1) is 5.75 Å². The number of fused-ring (bicyclic) bond motifs is 1. The molecular formula is C15H20ClN5OS2. The Hall–Kier alpha value is -1.22. The van der Waals surface area contributed by atoms with E-state index in [0.29, 0.717) is 17.7 Å². The van der Waals surface area contributed by atoms with Crippen LogP contribution in [0.5, 0.6) is 0 Å². The molecule has 3 aromatic heterocycles. The summed E-state index contributed by atoms with van der Waals surface area (Å²) >= 11 is 3.32. The molecule has 0 spiro atoms. The van der Waals surface area contributed by atoms with E-state index < -0.39 is 0 Å². The van der Waals surface area contributed by atoms with Crippen molar-refractivity contribution in [2.45, 2.75) is 44.0 Å². The molecule has 0 aliphatic heterocycles. The van der Waals surface area contributed by atoms with E-state index in [9.17, 15) is 0 Å². The second-order valence-electron chi connectivity index (χ2n) is 5.43. The molecule has 9 heteroatoms. The van der Waals surface area contributed by atoms with Crippen LogP contribution in [0.1, 0.15) is 29.1 Å². The lowest BCUT2D eigenvalue weighted by molar-refractivity contribution is 0.382. The summed E-state index contributed by atoms with van der Waals surface area (Å²) in [6.07, 6.45) is 2.37. The Kier molecular flexibility index (Phi) is 6.56. The predicted octanol–water partition coefficient (Wildman–Crippen LogP) is 3.56. The number of aromatic nitrogens is 4. The van der Waals surface area contributed by atoms with E-state index in [-0.39, 0.29) is 12.4 Å². The second kappa shape index (κ2) is 8.24. The highest BCUT2D eigenvalue weighted by Gasteiger charge is 2.14. The summed E-state index contributed by atoms with van der Waals surface area (Å²) in [4.78, 5) is 15.5. The standard InChI is InChI=1S/C15H19N5OS2.ClH/c1-8(16-4)5-11-19-12(21-20-11)6-22-14-13-9(2)10(3)23-15(13)18-7-17-14;/h7-8,16H,5-6H2,1-4H3;1H. The number of aryl methyl sites for hydroxylation is 2. The van der Waals surface area contributed by atoms with Crippen LogP contribution in [0.15, 0.2) is 15.9 Å². The quantitative estimate of drug-likeness (QED) is 0.513. The van der Waals surface area contributed by atoms with Gasteiger partial charge in [-0.2, -0.15) is 4.98 Å². The fourth-order valence-corrected chi connectivity index (χ4v) is 4.15. The lowest BCUT2D eigenvalue weighted by Gasteiger charge is -2.04. The van der Waals surface area contributed by atoms with E-state index in [1.165, 1.54) is 10.4 Å². The minimum absolute atomic E-state index is 0. The van der Waals surface area contributed by atoms with Crippen LogP contribution in [0, 0.1) is 13.8 Å². The van der Waals surface area contributed by atoms with Crippen molar-refractivity contribution >= 4 is 45.7 Å². The molecule has 3 aromatic rings. The van der Waals surface area contributed by atoms with E-state index in [4.69, 9.17) is 4.52 Å². The molecule has 0 aromatic carbocycles. The summed E-state index contributed by atoms with van der Waals surface area (Å²) < 4.78 is 5.33. The van der Waals surface area contributed by atoms with Crippen molar-refractivity contribution in [1.29, 1.82) is 0 Å². The number of thioether (sulfide) groups is 1. The van der Waals surface area contributed by atoms with Gasteiger partial charge < -0.3 is 9.84 Å². The van der Waals surface area contributed by atoms with Crippen molar-refractivity contribution in [3.05, 3.63) is 28.5 Å². The minimum Gasteiger partial charge on any atom is -0.338 e. The molecule has 1 N–H and O–H groups in total. The third-order valence-electron chi connectivity index (χ3n) is 3.75. The molecule has 24 heavy (non-hydrogen) atoms. The smallest absolute Gasteiger partial charge is 0.237 e. The van der Waals surface area contributed by atoms with Crippen molar-refractivity contribution in [3.63, 3.8) is 0 Å². The molecule has 0 fully saturated rings. The van der Waals surface area contributed by atoms with Gasteiger partial charge in [0.25, 0.3) is 0 Å². The molecule has 0 aliphatic rings. The molecule has 6 nitrogen and oxygen atoms in total. The second-order valence-corrected chi connectivity index (χ2v) is 7.60. The fraction of sp³-hybridized carbons (Fsp3) is 0.467. The first-order valence-electron chi connectivity index (χ1n) is 7.40. The Morgan fingerprint density at radius 3 is 2.88 bits per heavy atom. The molecule has 1 unspecified atom stereocenters. The lowest BCUT2D eigenvalue weighted by atomic mass is 10.2. The molecule has 0 saturated carbocycles. The van der Waals surface area contributed by atoms with Gasteiger partial charge in [-0.1, -0.05) is 16.9 Å². The SMILES string of the molecule is CNC(C)Cc1noc(CSc2ncnc3sc(C)c(C)c23)n1.Cl. The highest BCUT2D eigenvalue weighted by atomic mass is 35.5. The first-order chi connectivity index (χ1) is 11.1. The van der Waals surface area contributed by atoms with E-state index in [1.807, 2.05) is 7.05 Å². The highest BCUT2D eigenvalue weighted by molar-refractivity contribution is 7.98. The summed E-state index contributed by atoms with van der Waals surface area (Å²) in [7, 11) is 1.92. The zero-order chi connectivity index (χ0) is 16.4.